The van der Waals surface area contributed by atoms with Crippen LogP contribution in [0, 0.1) is 5.41 Å². The second kappa shape index (κ2) is 6.97. The molecule has 4 heteroatoms. The van der Waals surface area contributed by atoms with Gasteiger partial charge in [0, 0.05) is 18.9 Å². The van der Waals surface area contributed by atoms with Crippen LogP contribution in [-0.2, 0) is 9.53 Å². The predicted molar refractivity (Wildman–Crippen MR) is 66.7 cm³/mol. The number of hydrogen-bond donors (Lipinski definition) is 2. The molecule has 17 heavy (non-hydrogen) atoms. The maximum atomic E-state index is 10.3. The van der Waals surface area contributed by atoms with E-state index in [4.69, 9.17) is 9.84 Å². The molecular formula is C13H25NO3. The third kappa shape index (κ3) is 4.28. The molecule has 0 unspecified atom stereocenters. The summed E-state index contributed by atoms with van der Waals surface area (Å²) in [6.07, 6.45) is 6.79. The van der Waals surface area contributed by atoms with Gasteiger partial charge >= 0.3 is 0 Å². The molecule has 100 valence electrons. The van der Waals surface area contributed by atoms with E-state index in [9.17, 15) is 4.79 Å². The molecule has 2 aliphatic heterocycles. The van der Waals surface area contributed by atoms with Gasteiger partial charge in [0.25, 0.3) is 0 Å². The van der Waals surface area contributed by atoms with E-state index in [0.29, 0.717) is 19.1 Å². The van der Waals surface area contributed by atoms with Gasteiger partial charge in [-0.05, 0) is 32.1 Å². The number of aliphatic hydroxyl groups is 1. The van der Waals surface area contributed by atoms with Gasteiger partial charge in [0.05, 0.1) is 19.3 Å². The molecule has 2 heterocycles. The normalized spacial score (nSPS) is 30.4. The zero-order valence-electron chi connectivity index (χ0n) is 11.0. The van der Waals surface area contributed by atoms with Crippen molar-refractivity contribution in [1.82, 2.24) is 5.32 Å². The third-order valence-electron chi connectivity index (χ3n) is 3.71. The first-order valence-electron chi connectivity index (χ1n) is 6.59. The van der Waals surface area contributed by atoms with Crippen molar-refractivity contribution in [2.24, 2.45) is 5.41 Å². The van der Waals surface area contributed by atoms with E-state index < -0.39 is 0 Å². The molecule has 0 atom stereocenters. The largest absolute Gasteiger partial charge is 0.396 e. The standard InChI is InChI=1S/C8H14O2.C5H11NO/c9-5-8-3-1-7(2-4-8)10-6-8;1-3-4-5(7)6-2/h7,9H,1-6H2;3-4H2,1-2H3,(H,6,7). The average molecular weight is 243 g/mol. The van der Waals surface area contributed by atoms with E-state index >= 15 is 0 Å². The van der Waals surface area contributed by atoms with Crippen LogP contribution in [0.25, 0.3) is 0 Å². The van der Waals surface area contributed by atoms with Gasteiger partial charge in [0.1, 0.15) is 0 Å². The van der Waals surface area contributed by atoms with Gasteiger partial charge in [-0.1, -0.05) is 6.92 Å². The van der Waals surface area contributed by atoms with Crippen LogP contribution < -0.4 is 5.32 Å². The maximum Gasteiger partial charge on any atom is 0.219 e. The number of fused-ring (bicyclic) bond motifs is 3. The zero-order valence-corrected chi connectivity index (χ0v) is 11.0. The van der Waals surface area contributed by atoms with Gasteiger partial charge < -0.3 is 15.2 Å². The highest BCUT2D eigenvalue weighted by molar-refractivity contribution is 5.75. The number of carbonyl (C=O) groups is 1. The number of amides is 1. The number of aliphatic hydroxyl groups excluding tert-OH is 1. The quantitative estimate of drug-likeness (QED) is 0.789. The number of rotatable bonds is 3. The minimum Gasteiger partial charge on any atom is -0.396 e. The lowest BCUT2D eigenvalue weighted by atomic mass is 9.72. The second-order valence-corrected chi connectivity index (χ2v) is 5.09. The van der Waals surface area contributed by atoms with Crippen LogP contribution in [0.2, 0.25) is 0 Å². The Hall–Kier alpha value is -0.610. The van der Waals surface area contributed by atoms with Crippen LogP contribution in [0.5, 0.6) is 0 Å². The van der Waals surface area contributed by atoms with Crippen molar-refractivity contribution in [2.45, 2.75) is 51.6 Å². The van der Waals surface area contributed by atoms with Gasteiger partial charge in [-0.15, -0.1) is 0 Å². The summed E-state index contributed by atoms with van der Waals surface area (Å²) in [5.74, 6) is 0.127. The van der Waals surface area contributed by atoms with Crippen LogP contribution in [0.4, 0.5) is 0 Å². The van der Waals surface area contributed by atoms with E-state index in [0.717, 1.165) is 13.0 Å². The third-order valence-corrected chi connectivity index (χ3v) is 3.71. The first kappa shape index (κ1) is 14.5. The van der Waals surface area contributed by atoms with Gasteiger partial charge in [0.15, 0.2) is 0 Å². The number of ether oxygens (including phenoxy) is 1. The highest BCUT2D eigenvalue weighted by Gasteiger charge is 2.40. The van der Waals surface area contributed by atoms with E-state index in [1.807, 2.05) is 6.92 Å². The lowest BCUT2D eigenvalue weighted by Gasteiger charge is -2.45. The molecule has 0 aromatic heterocycles. The molecule has 1 amide bonds. The number of nitrogens with one attached hydrogen (secondary N) is 1. The van der Waals surface area contributed by atoms with E-state index in [-0.39, 0.29) is 11.3 Å². The molecule has 3 fully saturated rings. The van der Waals surface area contributed by atoms with Crippen LogP contribution in [-0.4, -0.2) is 37.4 Å². The molecule has 0 aromatic carbocycles. The zero-order chi connectivity index (χ0) is 12.7. The average Bonchev–Trinajstić information content (AvgIpc) is 2.42. The van der Waals surface area contributed by atoms with E-state index in [2.05, 4.69) is 5.32 Å². The predicted octanol–water partition coefficient (Wildman–Crippen LogP) is 1.47. The molecule has 2 bridgehead atoms. The molecule has 4 nitrogen and oxygen atoms in total. The SMILES string of the molecule is CCCC(=O)NC.OCC12CCC(CC1)OC2. The lowest BCUT2D eigenvalue weighted by molar-refractivity contribution is -0.131. The molecule has 3 aliphatic rings. The molecule has 0 aromatic rings. The van der Waals surface area contributed by atoms with Crippen molar-refractivity contribution in [1.29, 1.82) is 0 Å². The monoisotopic (exact) mass is 243 g/mol. The summed E-state index contributed by atoms with van der Waals surface area (Å²) < 4.78 is 5.51. The summed E-state index contributed by atoms with van der Waals surface area (Å²) in [6.45, 7) is 3.10. The minimum absolute atomic E-state index is 0.127. The van der Waals surface area contributed by atoms with Crippen molar-refractivity contribution in [3.63, 3.8) is 0 Å². The van der Waals surface area contributed by atoms with Gasteiger partial charge in [0.2, 0.25) is 5.91 Å². The molecule has 2 saturated heterocycles. The summed E-state index contributed by atoms with van der Waals surface area (Å²) in [4.78, 5) is 10.3. The van der Waals surface area contributed by atoms with Crippen molar-refractivity contribution in [2.75, 3.05) is 20.3 Å². The Labute approximate surface area is 104 Å². The summed E-state index contributed by atoms with van der Waals surface area (Å²) in [7, 11) is 1.65. The van der Waals surface area contributed by atoms with Crippen molar-refractivity contribution in [3.8, 4) is 0 Å². The van der Waals surface area contributed by atoms with Crippen LogP contribution in [0.3, 0.4) is 0 Å². The van der Waals surface area contributed by atoms with Crippen LogP contribution in [0.15, 0.2) is 0 Å². The first-order chi connectivity index (χ1) is 8.15. The molecule has 0 spiro atoms. The number of hydrogen-bond acceptors (Lipinski definition) is 3. The fourth-order valence-corrected chi connectivity index (χ4v) is 2.37. The lowest BCUT2D eigenvalue weighted by Crippen LogP contribution is -2.44. The molecule has 1 aliphatic carbocycles. The molecule has 2 N–H and O–H groups in total. The van der Waals surface area contributed by atoms with Gasteiger partial charge in [-0.2, -0.15) is 0 Å². The fourth-order valence-electron chi connectivity index (χ4n) is 2.37. The molecule has 3 rings (SSSR count). The van der Waals surface area contributed by atoms with Crippen molar-refractivity contribution < 1.29 is 14.6 Å². The second-order valence-electron chi connectivity index (χ2n) is 5.09. The Morgan fingerprint density at radius 2 is 2.12 bits per heavy atom. The minimum atomic E-state index is 0.127. The van der Waals surface area contributed by atoms with Gasteiger partial charge in [-0.25, -0.2) is 0 Å². The first-order valence-corrected chi connectivity index (χ1v) is 6.59. The van der Waals surface area contributed by atoms with Crippen molar-refractivity contribution in [3.05, 3.63) is 0 Å². The Morgan fingerprint density at radius 3 is 2.35 bits per heavy atom. The van der Waals surface area contributed by atoms with E-state index in [1.165, 1.54) is 25.7 Å². The number of carbonyl (C=O) groups excluding carboxylic acids is 1. The topological polar surface area (TPSA) is 58.6 Å². The highest BCUT2D eigenvalue weighted by Crippen LogP contribution is 2.42. The van der Waals surface area contributed by atoms with Crippen LogP contribution in [0.1, 0.15) is 45.4 Å². The Morgan fingerprint density at radius 1 is 1.47 bits per heavy atom. The summed E-state index contributed by atoms with van der Waals surface area (Å²) in [6, 6.07) is 0. The smallest absolute Gasteiger partial charge is 0.219 e. The summed E-state index contributed by atoms with van der Waals surface area (Å²) in [5.41, 5.74) is 0.161. The fraction of sp³-hybridized carbons (Fsp3) is 0.923. The Balaban J connectivity index is 0.000000185. The molecule has 1 saturated carbocycles. The summed E-state index contributed by atoms with van der Waals surface area (Å²) >= 11 is 0. The van der Waals surface area contributed by atoms with Crippen LogP contribution >= 0.6 is 0 Å². The highest BCUT2D eigenvalue weighted by atomic mass is 16.5. The maximum absolute atomic E-state index is 10.3. The van der Waals surface area contributed by atoms with E-state index in [1.54, 1.807) is 7.05 Å². The van der Waals surface area contributed by atoms with Gasteiger partial charge in [-0.3, -0.25) is 4.79 Å². The van der Waals surface area contributed by atoms with Crippen molar-refractivity contribution >= 4 is 5.91 Å². The Bertz CT molecular complexity index is 221. The molecule has 0 radical (unpaired) electrons. The molecular weight excluding hydrogens is 218 g/mol. The Kier molecular flexibility index (Phi) is 5.92. The summed E-state index contributed by atoms with van der Waals surface area (Å²) in [5, 5.41) is 11.6.